The van der Waals surface area contributed by atoms with Crippen LogP contribution in [0.3, 0.4) is 0 Å². The fourth-order valence-corrected chi connectivity index (χ4v) is 3.18. The molecule has 2 heterocycles. The van der Waals surface area contributed by atoms with E-state index < -0.39 is 0 Å². The molecule has 0 aliphatic heterocycles. The third kappa shape index (κ3) is 2.30. The van der Waals surface area contributed by atoms with Gasteiger partial charge >= 0.3 is 0 Å². The first kappa shape index (κ1) is 11.4. The second kappa shape index (κ2) is 4.92. The van der Waals surface area contributed by atoms with Crippen molar-refractivity contribution in [2.24, 2.45) is 0 Å². The first-order valence-electron chi connectivity index (χ1n) is 5.65. The molecule has 0 aliphatic rings. The van der Waals surface area contributed by atoms with E-state index >= 15 is 0 Å². The summed E-state index contributed by atoms with van der Waals surface area (Å²) in [6.45, 7) is 2.09. The van der Waals surface area contributed by atoms with E-state index in [-0.39, 0.29) is 0 Å². The minimum absolute atomic E-state index is 0.938. The molecule has 4 heteroatoms. The van der Waals surface area contributed by atoms with Crippen molar-refractivity contribution in [2.45, 2.75) is 6.92 Å². The number of hydrogen-bond acceptors (Lipinski definition) is 4. The number of nitrogens with one attached hydrogen (secondary N) is 1. The van der Waals surface area contributed by atoms with E-state index in [2.05, 4.69) is 46.2 Å². The summed E-state index contributed by atoms with van der Waals surface area (Å²) < 4.78 is 0. The highest BCUT2D eigenvalue weighted by atomic mass is 32.1. The Morgan fingerprint density at radius 3 is 2.72 bits per heavy atom. The Morgan fingerprint density at radius 2 is 1.94 bits per heavy atom. The van der Waals surface area contributed by atoms with Crippen LogP contribution in [-0.4, -0.2) is 4.98 Å². The van der Waals surface area contributed by atoms with Crippen molar-refractivity contribution in [3.05, 3.63) is 52.7 Å². The fraction of sp³-hybridized carbons (Fsp3) is 0.0714. The van der Waals surface area contributed by atoms with Crippen molar-refractivity contribution in [1.29, 1.82) is 0 Å². The van der Waals surface area contributed by atoms with Crippen LogP contribution in [-0.2, 0) is 0 Å². The molecule has 0 atom stereocenters. The van der Waals surface area contributed by atoms with Crippen LogP contribution < -0.4 is 5.32 Å². The summed E-state index contributed by atoms with van der Waals surface area (Å²) in [5.41, 5.74) is 3.39. The van der Waals surface area contributed by atoms with Crippen molar-refractivity contribution in [3.8, 4) is 10.6 Å². The summed E-state index contributed by atoms with van der Waals surface area (Å²) in [7, 11) is 0. The quantitative estimate of drug-likeness (QED) is 0.731. The Bertz CT molecular complexity index is 641. The lowest BCUT2D eigenvalue weighted by Crippen LogP contribution is -1.91. The maximum Gasteiger partial charge on any atom is 0.187 e. The van der Waals surface area contributed by atoms with Gasteiger partial charge in [-0.15, -0.1) is 22.7 Å². The minimum Gasteiger partial charge on any atom is -0.331 e. The summed E-state index contributed by atoms with van der Waals surface area (Å²) >= 11 is 3.35. The Hall–Kier alpha value is -1.65. The number of thiazole rings is 1. The lowest BCUT2D eigenvalue weighted by Gasteiger charge is -2.05. The standard InChI is InChI=1S/C14H12N2S2/c1-10-5-2-3-6-11(10)15-14-16-12(9-18-14)13-7-4-8-17-13/h2-9H,1H3,(H,15,16). The largest absolute Gasteiger partial charge is 0.331 e. The second-order valence-electron chi connectivity index (χ2n) is 3.96. The van der Waals surface area contributed by atoms with Crippen LogP contribution in [0.5, 0.6) is 0 Å². The molecule has 0 radical (unpaired) electrons. The lowest BCUT2D eigenvalue weighted by molar-refractivity contribution is 1.37. The molecule has 3 aromatic rings. The molecule has 0 spiro atoms. The smallest absolute Gasteiger partial charge is 0.187 e. The molecule has 0 saturated carbocycles. The maximum absolute atomic E-state index is 4.61. The average Bonchev–Trinajstić information content (AvgIpc) is 3.02. The number of aryl methyl sites for hydroxylation is 1. The lowest BCUT2D eigenvalue weighted by atomic mass is 10.2. The first-order chi connectivity index (χ1) is 8.83. The molecular formula is C14H12N2S2. The number of aromatic nitrogens is 1. The van der Waals surface area contributed by atoms with E-state index in [1.54, 1.807) is 22.7 Å². The number of anilines is 2. The van der Waals surface area contributed by atoms with Crippen LogP contribution >= 0.6 is 22.7 Å². The number of rotatable bonds is 3. The van der Waals surface area contributed by atoms with Gasteiger partial charge in [0.2, 0.25) is 0 Å². The van der Waals surface area contributed by atoms with E-state index in [9.17, 15) is 0 Å². The van der Waals surface area contributed by atoms with Crippen LogP contribution in [0, 0.1) is 6.92 Å². The van der Waals surface area contributed by atoms with Crippen LogP contribution in [0.1, 0.15) is 5.56 Å². The Balaban J connectivity index is 1.85. The van der Waals surface area contributed by atoms with Gasteiger partial charge < -0.3 is 5.32 Å². The van der Waals surface area contributed by atoms with Gasteiger partial charge in [-0.05, 0) is 30.0 Å². The van der Waals surface area contributed by atoms with Crippen molar-refractivity contribution >= 4 is 33.5 Å². The third-order valence-corrected chi connectivity index (χ3v) is 4.31. The zero-order valence-corrected chi connectivity index (χ0v) is 11.5. The molecule has 0 bridgehead atoms. The predicted molar refractivity (Wildman–Crippen MR) is 79.9 cm³/mol. The molecule has 3 rings (SSSR count). The van der Waals surface area contributed by atoms with Gasteiger partial charge in [0.05, 0.1) is 10.6 Å². The molecule has 90 valence electrons. The highest BCUT2D eigenvalue weighted by Crippen LogP contribution is 2.30. The fourth-order valence-electron chi connectivity index (χ4n) is 1.70. The van der Waals surface area contributed by atoms with Gasteiger partial charge in [0, 0.05) is 11.1 Å². The number of thiophene rings is 1. The normalized spacial score (nSPS) is 10.5. The van der Waals surface area contributed by atoms with E-state index in [1.165, 1.54) is 10.4 Å². The van der Waals surface area contributed by atoms with Gasteiger partial charge in [-0.3, -0.25) is 0 Å². The number of hydrogen-bond donors (Lipinski definition) is 1. The van der Waals surface area contributed by atoms with Gasteiger partial charge in [0.15, 0.2) is 5.13 Å². The summed E-state index contributed by atoms with van der Waals surface area (Å²) in [5.74, 6) is 0. The zero-order chi connectivity index (χ0) is 12.4. The van der Waals surface area contributed by atoms with E-state index in [1.807, 2.05) is 18.2 Å². The summed E-state index contributed by atoms with van der Waals surface area (Å²) in [6, 6.07) is 12.4. The van der Waals surface area contributed by atoms with Crippen LogP contribution in [0.2, 0.25) is 0 Å². The third-order valence-electron chi connectivity index (χ3n) is 2.66. The Kier molecular flexibility index (Phi) is 3.13. The summed E-state index contributed by atoms with van der Waals surface area (Å²) in [6.07, 6.45) is 0. The van der Waals surface area contributed by atoms with Crippen molar-refractivity contribution in [3.63, 3.8) is 0 Å². The topological polar surface area (TPSA) is 24.9 Å². The molecule has 0 fully saturated rings. The number of benzene rings is 1. The van der Waals surface area contributed by atoms with Gasteiger partial charge in [-0.25, -0.2) is 4.98 Å². The first-order valence-corrected chi connectivity index (χ1v) is 7.41. The molecular weight excluding hydrogens is 260 g/mol. The van der Waals surface area contributed by atoms with Gasteiger partial charge in [0.25, 0.3) is 0 Å². The van der Waals surface area contributed by atoms with Crippen molar-refractivity contribution < 1.29 is 0 Å². The summed E-state index contributed by atoms with van der Waals surface area (Å²) in [4.78, 5) is 5.82. The van der Waals surface area contributed by atoms with E-state index in [0.29, 0.717) is 0 Å². The highest BCUT2D eigenvalue weighted by Gasteiger charge is 2.06. The molecule has 2 nitrogen and oxygen atoms in total. The van der Waals surface area contributed by atoms with Crippen molar-refractivity contribution in [2.75, 3.05) is 5.32 Å². The Labute approximate surface area is 114 Å². The molecule has 0 unspecified atom stereocenters. The molecule has 1 aromatic carbocycles. The minimum atomic E-state index is 0.938. The van der Waals surface area contributed by atoms with Crippen LogP contribution in [0.15, 0.2) is 47.2 Å². The summed E-state index contributed by atoms with van der Waals surface area (Å²) in [5, 5.41) is 8.47. The van der Waals surface area contributed by atoms with E-state index in [4.69, 9.17) is 0 Å². The molecule has 0 saturated heterocycles. The second-order valence-corrected chi connectivity index (χ2v) is 5.76. The van der Waals surface area contributed by atoms with Gasteiger partial charge in [0.1, 0.15) is 0 Å². The molecule has 0 amide bonds. The van der Waals surface area contributed by atoms with E-state index in [0.717, 1.165) is 16.5 Å². The van der Waals surface area contributed by atoms with Crippen LogP contribution in [0.25, 0.3) is 10.6 Å². The number of para-hydroxylation sites is 1. The van der Waals surface area contributed by atoms with Crippen molar-refractivity contribution in [1.82, 2.24) is 4.98 Å². The predicted octanol–water partition coefficient (Wildman–Crippen LogP) is 4.92. The van der Waals surface area contributed by atoms with Gasteiger partial charge in [-0.1, -0.05) is 24.3 Å². The monoisotopic (exact) mass is 272 g/mol. The number of nitrogens with zero attached hydrogens (tertiary/aromatic N) is 1. The average molecular weight is 272 g/mol. The molecule has 2 aromatic heterocycles. The Morgan fingerprint density at radius 1 is 1.06 bits per heavy atom. The SMILES string of the molecule is Cc1ccccc1Nc1nc(-c2cccs2)cs1. The highest BCUT2D eigenvalue weighted by molar-refractivity contribution is 7.16. The maximum atomic E-state index is 4.61. The molecule has 1 N–H and O–H groups in total. The zero-order valence-electron chi connectivity index (χ0n) is 9.88. The molecule has 0 aliphatic carbocycles. The molecule has 18 heavy (non-hydrogen) atoms. The van der Waals surface area contributed by atoms with Gasteiger partial charge in [-0.2, -0.15) is 0 Å². The van der Waals surface area contributed by atoms with Crippen LogP contribution in [0.4, 0.5) is 10.8 Å².